The van der Waals surface area contributed by atoms with E-state index in [0.29, 0.717) is 6.54 Å². The van der Waals surface area contributed by atoms with Gasteiger partial charge in [0.1, 0.15) is 0 Å². The number of amides is 1. The molecule has 1 fully saturated rings. The minimum atomic E-state index is -0.270. The lowest BCUT2D eigenvalue weighted by Crippen LogP contribution is -2.51. The third-order valence-corrected chi connectivity index (χ3v) is 3.46. The topological polar surface area (TPSA) is 43.8 Å². The van der Waals surface area contributed by atoms with Crippen LogP contribution in [0.25, 0.3) is 0 Å². The molecule has 2 unspecified atom stereocenters. The van der Waals surface area contributed by atoms with Crippen LogP contribution >= 0.6 is 0 Å². The number of aliphatic hydroxyl groups excluding tert-OH is 1. The minimum absolute atomic E-state index is 0.123. The van der Waals surface area contributed by atoms with Crippen LogP contribution in [0.2, 0.25) is 0 Å². The third-order valence-electron chi connectivity index (χ3n) is 3.46. The van der Waals surface area contributed by atoms with Gasteiger partial charge in [0.2, 0.25) is 5.91 Å². The van der Waals surface area contributed by atoms with Crippen LogP contribution in [-0.4, -0.2) is 59.1 Å². The highest BCUT2D eigenvalue weighted by atomic mass is 16.3. The first-order valence-corrected chi connectivity index (χ1v) is 6.12. The van der Waals surface area contributed by atoms with Crippen molar-refractivity contribution in [3.8, 4) is 0 Å². The first-order chi connectivity index (χ1) is 7.43. The van der Waals surface area contributed by atoms with Crippen molar-refractivity contribution in [3.05, 3.63) is 0 Å². The van der Waals surface area contributed by atoms with Gasteiger partial charge in [-0.3, -0.25) is 9.69 Å². The average Bonchev–Trinajstić information content (AvgIpc) is 2.26. The smallest absolute Gasteiger partial charge is 0.239 e. The summed E-state index contributed by atoms with van der Waals surface area (Å²) in [5.74, 6) is 0.143. The fourth-order valence-corrected chi connectivity index (χ4v) is 2.04. The normalized spacial score (nSPS) is 24.5. The Morgan fingerprint density at radius 3 is 2.56 bits per heavy atom. The zero-order valence-electron chi connectivity index (χ0n) is 10.8. The molecule has 0 aromatic heterocycles. The van der Waals surface area contributed by atoms with Gasteiger partial charge in [0.05, 0.1) is 12.1 Å². The summed E-state index contributed by atoms with van der Waals surface area (Å²) in [5, 5.41) is 9.59. The molecular formula is C12H24N2O2. The number of aliphatic hydroxyl groups is 1. The number of rotatable bonds is 3. The number of hydrogen-bond acceptors (Lipinski definition) is 3. The van der Waals surface area contributed by atoms with Crippen LogP contribution in [-0.2, 0) is 4.79 Å². The molecule has 16 heavy (non-hydrogen) atoms. The van der Waals surface area contributed by atoms with Crippen LogP contribution in [0, 0.1) is 0 Å². The molecule has 1 N–H and O–H groups in total. The van der Waals surface area contributed by atoms with E-state index >= 15 is 0 Å². The van der Waals surface area contributed by atoms with Crippen molar-refractivity contribution in [2.24, 2.45) is 0 Å². The maximum Gasteiger partial charge on any atom is 0.239 e. The number of piperidine rings is 1. The fourth-order valence-electron chi connectivity index (χ4n) is 2.04. The second-order valence-electron chi connectivity index (χ2n) is 5.01. The second kappa shape index (κ2) is 5.64. The number of carbonyl (C=O) groups excluding carboxylic acids is 1. The van der Waals surface area contributed by atoms with Crippen molar-refractivity contribution < 1.29 is 9.90 Å². The minimum Gasteiger partial charge on any atom is -0.392 e. The van der Waals surface area contributed by atoms with E-state index in [1.807, 2.05) is 27.8 Å². The van der Waals surface area contributed by atoms with E-state index in [-0.39, 0.29) is 24.1 Å². The SMILES string of the molecule is CC(C(=O)N(C)C(C)C)N1CCCC(O)C1. The largest absolute Gasteiger partial charge is 0.392 e. The number of likely N-dealkylation sites (tertiary alicyclic amines) is 1. The number of hydrogen-bond donors (Lipinski definition) is 1. The van der Waals surface area contributed by atoms with Gasteiger partial charge in [0, 0.05) is 19.6 Å². The Bertz CT molecular complexity index is 243. The van der Waals surface area contributed by atoms with Crippen LogP contribution in [0.1, 0.15) is 33.6 Å². The van der Waals surface area contributed by atoms with Crippen molar-refractivity contribution in [1.29, 1.82) is 0 Å². The van der Waals surface area contributed by atoms with Gasteiger partial charge < -0.3 is 10.0 Å². The number of nitrogens with zero attached hydrogens (tertiary/aromatic N) is 2. The molecule has 0 bridgehead atoms. The van der Waals surface area contributed by atoms with E-state index in [1.54, 1.807) is 4.90 Å². The molecule has 1 heterocycles. The summed E-state index contributed by atoms with van der Waals surface area (Å²) >= 11 is 0. The zero-order chi connectivity index (χ0) is 12.3. The van der Waals surface area contributed by atoms with Gasteiger partial charge in [0.15, 0.2) is 0 Å². The number of carbonyl (C=O) groups is 1. The lowest BCUT2D eigenvalue weighted by atomic mass is 10.1. The molecule has 1 rings (SSSR count). The Labute approximate surface area is 98.2 Å². The van der Waals surface area contributed by atoms with Crippen LogP contribution in [0.3, 0.4) is 0 Å². The fraction of sp³-hybridized carbons (Fsp3) is 0.917. The van der Waals surface area contributed by atoms with E-state index in [9.17, 15) is 9.90 Å². The Kier molecular flexibility index (Phi) is 4.74. The van der Waals surface area contributed by atoms with Gasteiger partial charge in [-0.1, -0.05) is 0 Å². The summed E-state index contributed by atoms with van der Waals surface area (Å²) in [6.45, 7) is 7.49. The van der Waals surface area contributed by atoms with Gasteiger partial charge in [-0.2, -0.15) is 0 Å². The van der Waals surface area contributed by atoms with E-state index < -0.39 is 0 Å². The summed E-state index contributed by atoms with van der Waals surface area (Å²) in [4.78, 5) is 15.9. The molecule has 1 aliphatic rings. The molecule has 0 radical (unpaired) electrons. The first-order valence-electron chi connectivity index (χ1n) is 6.12. The maximum atomic E-state index is 12.1. The van der Waals surface area contributed by atoms with Gasteiger partial charge in [-0.25, -0.2) is 0 Å². The summed E-state index contributed by atoms with van der Waals surface area (Å²) in [5.41, 5.74) is 0. The second-order valence-corrected chi connectivity index (χ2v) is 5.01. The van der Waals surface area contributed by atoms with E-state index in [2.05, 4.69) is 4.90 Å². The first kappa shape index (κ1) is 13.5. The van der Waals surface area contributed by atoms with Gasteiger partial charge in [-0.05, 0) is 40.2 Å². The van der Waals surface area contributed by atoms with Crippen molar-refractivity contribution in [2.75, 3.05) is 20.1 Å². The lowest BCUT2D eigenvalue weighted by molar-refractivity contribution is -0.137. The molecular weight excluding hydrogens is 204 g/mol. The third kappa shape index (κ3) is 3.19. The van der Waals surface area contributed by atoms with Crippen molar-refractivity contribution in [3.63, 3.8) is 0 Å². The van der Waals surface area contributed by atoms with Crippen LogP contribution in [0.5, 0.6) is 0 Å². The highest BCUT2D eigenvalue weighted by Crippen LogP contribution is 2.14. The van der Waals surface area contributed by atoms with Crippen LogP contribution in [0.15, 0.2) is 0 Å². The van der Waals surface area contributed by atoms with Crippen LogP contribution in [0.4, 0.5) is 0 Å². The molecule has 4 nitrogen and oxygen atoms in total. The maximum absolute atomic E-state index is 12.1. The molecule has 0 saturated carbocycles. The highest BCUT2D eigenvalue weighted by molar-refractivity contribution is 5.81. The van der Waals surface area contributed by atoms with Gasteiger partial charge >= 0.3 is 0 Å². The lowest BCUT2D eigenvalue weighted by Gasteiger charge is -2.36. The Morgan fingerprint density at radius 2 is 2.06 bits per heavy atom. The molecule has 1 saturated heterocycles. The Hall–Kier alpha value is -0.610. The van der Waals surface area contributed by atoms with Gasteiger partial charge in [0.25, 0.3) is 0 Å². The molecule has 0 aromatic rings. The Morgan fingerprint density at radius 1 is 1.44 bits per heavy atom. The molecule has 94 valence electrons. The van der Waals surface area contributed by atoms with E-state index in [4.69, 9.17) is 0 Å². The molecule has 1 amide bonds. The van der Waals surface area contributed by atoms with Crippen molar-refractivity contribution in [1.82, 2.24) is 9.80 Å². The summed E-state index contributed by atoms with van der Waals surface area (Å²) in [6.07, 6.45) is 1.56. The molecule has 2 atom stereocenters. The molecule has 0 aliphatic carbocycles. The van der Waals surface area contributed by atoms with Crippen LogP contribution < -0.4 is 0 Å². The monoisotopic (exact) mass is 228 g/mol. The molecule has 1 aliphatic heterocycles. The standard InChI is InChI=1S/C12H24N2O2/c1-9(2)13(4)12(16)10(3)14-7-5-6-11(15)8-14/h9-11,15H,5-8H2,1-4H3. The number of β-amino-alcohol motifs (C(OH)–C–C–N with tert-alkyl or cyclic N) is 1. The molecule has 0 spiro atoms. The predicted molar refractivity (Wildman–Crippen MR) is 64.2 cm³/mol. The van der Waals surface area contributed by atoms with Crippen molar-refractivity contribution >= 4 is 5.91 Å². The predicted octanol–water partition coefficient (Wildman–Crippen LogP) is 0.698. The number of likely N-dealkylation sites (N-methyl/N-ethyl adjacent to an activating group) is 1. The quantitative estimate of drug-likeness (QED) is 0.773. The molecule has 4 heteroatoms. The Balaban J connectivity index is 2.55. The summed E-state index contributed by atoms with van der Waals surface area (Å²) in [6, 6.07) is 0.104. The van der Waals surface area contributed by atoms with Crippen molar-refractivity contribution in [2.45, 2.75) is 51.8 Å². The highest BCUT2D eigenvalue weighted by Gasteiger charge is 2.28. The van der Waals surface area contributed by atoms with E-state index in [0.717, 1.165) is 19.4 Å². The average molecular weight is 228 g/mol. The summed E-state index contributed by atoms with van der Waals surface area (Å²) in [7, 11) is 1.84. The zero-order valence-corrected chi connectivity index (χ0v) is 10.8. The van der Waals surface area contributed by atoms with E-state index in [1.165, 1.54) is 0 Å². The summed E-state index contributed by atoms with van der Waals surface area (Å²) < 4.78 is 0. The molecule has 0 aromatic carbocycles. The van der Waals surface area contributed by atoms with Gasteiger partial charge in [-0.15, -0.1) is 0 Å².